The minimum atomic E-state index is 0.730. The Balaban J connectivity index is 1.45. The predicted octanol–water partition coefficient (Wildman–Crippen LogP) is 9.19. The second-order valence-electron chi connectivity index (χ2n) is 10.2. The molecule has 1 aliphatic rings. The Bertz CT molecular complexity index is 2270. The maximum atomic E-state index is 5.24. The summed E-state index contributed by atoms with van der Waals surface area (Å²) in [5.41, 5.74) is 9.49. The van der Waals surface area contributed by atoms with Crippen LogP contribution in [0.2, 0.25) is 0 Å². The first kappa shape index (κ1) is 20.7. The molecule has 0 amide bonds. The van der Waals surface area contributed by atoms with Crippen molar-refractivity contribution >= 4 is 43.5 Å². The summed E-state index contributed by atoms with van der Waals surface area (Å²) < 4.78 is 2.34. The van der Waals surface area contributed by atoms with Crippen molar-refractivity contribution in [2.75, 3.05) is 0 Å². The third-order valence-corrected chi connectivity index (χ3v) is 8.13. The Kier molecular flexibility index (Phi) is 4.05. The number of hydrogen-bond donors (Lipinski definition) is 0. The quantitative estimate of drug-likeness (QED) is 0.239. The van der Waals surface area contributed by atoms with Gasteiger partial charge in [0.15, 0.2) is 5.82 Å². The van der Waals surface area contributed by atoms with Crippen molar-refractivity contribution < 1.29 is 0 Å². The first-order valence-corrected chi connectivity index (χ1v) is 13.3. The van der Waals surface area contributed by atoms with Gasteiger partial charge in [-0.05, 0) is 51.7 Å². The Morgan fingerprint density at radius 1 is 0.462 bits per heavy atom. The summed E-state index contributed by atoms with van der Waals surface area (Å²) in [6, 6.07) is 45.2. The third-order valence-electron chi connectivity index (χ3n) is 8.13. The van der Waals surface area contributed by atoms with Gasteiger partial charge >= 0.3 is 0 Å². The van der Waals surface area contributed by atoms with Crippen molar-refractivity contribution in [2.24, 2.45) is 0 Å². The third kappa shape index (κ3) is 2.76. The number of para-hydroxylation sites is 2. The van der Waals surface area contributed by atoms with Crippen LogP contribution in [0, 0.1) is 0 Å². The van der Waals surface area contributed by atoms with Crippen molar-refractivity contribution in [3.63, 3.8) is 0 Å². The number of fused-ring (bicyclic) bond motifs is 8. The molecule has 180 valence electrons. The summed E-state index contributed by atoms with van der Waals surface area (Å²) in [6.45, 7) is 0. The van der Waals surface area contributed by atoms with Gasteiger partial charge in [0.05, 0.1) is 16.6 Å². The van der Waals surface area contributed by atoms with Crippen molar-refractivity contribution in [1.29, 1.82) is 0 Å². The van der Waals surface area contributed by atoms with Gasteiger partial charge in [0, 0.05) is 27.3 Å². The van der Waals surface area contributed by atoms with E-state index in [0.717, 1.165) is 39.1 Å². The molecule has 0 spiro atoms. The standard InChI is InChI=1S/C36H21N3/c1-2-10-23(11-3-1)35-37-29-18-6-4-14-26(29)36(38-35)39-30-19-7-5-15-27(30)34-31(39)21-20-25-24-16-8-12-22-13-9-17-28(32(22)24)33(25)34/h1-21H. The predicted molar refractivity (Wildman–Crippen MR) is 161 cm³/mol. The van der Waals surface area contributed by atoms with Gasteiger partial charge in [0.2, 0.25) is 0 Å². The number of aromatic nitrogens is 3. The molecular formula is C36H21N3. The van der Waals surface area contributed by atoms with Gasteiger partial charge in [0.25, 0.3) is 0 Å². The molecule has 3 heteroatoms. The highest BCUT2D eigenvalue weighted by molar-refractivity contribution is 6.26. The lowest BCUT2D eigenvalue weighted by molar-refractivity contribution is 1.08. The molecule has 1 aliphatic carbocycles. The molecule has 9 rings (SSSR count). The second-order valence-corrected chi connectivity index (χ2v) is 10.2. The molecule has 2 aromatic heterocycles. The van der Waals surface area contributed by atoms with Crippen molar-refractivity contribution in [2.45, 2.75) is 0 Å². The lowest BCUT2D eigenvalue weighted by Crippen LogP contribution is -2.02. The van der Waals surface area contributed by atoms with Gasteiger partial charge in [-0.2, -0.15) is 0 Å². The molecule has 8 aromatic rings. The highest BCUT2D eigenvalue weighted by atomic mass is 15.1. The lowest BCUT2D eigenvalue weighted by atomic mass is 9.98. The normalized spacial score (nSPS) is 12.1. The molecule has 0 unspecified atom stereocenters. The van der Waals surface area contributed by atoms with Gasteiger partial charge in [-0.3, -0.25) is 4.57 Å². The topological polar surface area (TPSA) is 30.7 Å². The molecular weight excluding hydrogens is 474 g/mol. The average Bonchev–Trinajstić information content (AvgIpc) is 3.51. The van der Waals surface area contributed by atoms with E-state index in [1.165, 1.54) is 43.8 Å². The van der Waals surface area contributed by atoms with Crippen molar-refractivity contribution in [3.8, 4) is 39.5 Å². The highest BCUT2D eigenvalue weighted by Crippen LogP contribution is 2.52. The fourth-order valence-electron chi connectivity index (χ4n) is 6.51. The van der Waals surface area contributed by atoms with E-state index in [2.05, 4.69) is 108 Å². The largest absolute Gasteiger partial charge is 0.293 e. The molecule has 0 radical (unpaired) electrons. The monoisotopic (exact) mass is 495 g/mol. The summed E-state index contributed by atoms with van der Waals surface area (Å²) in [5.74, 6) is 1.63. The van der Waals surface area contributed by atoms with Gasteiger partial charge in [-0.1, -0.05) is 103 Å². The van der Waals surface area contributed by atoms with Gasteiger partial charge in [-0.15, -0.1) is 0 Å². The van der Waals surface area contributed by atoms with E-state index in [9.17, 15) is 0 Å². The SMILES string of the molecule is c1ccc(-c2nc(-n3c4ccccc4c4c5c(ccc43)-c3cccc4cccc-5c34)c3ccccc3n2)cc1. The molecule has 39 heavy (non-hydrogen) atoms. The van der Waals surface area contributed by atoms with Crippen LogP contribution in [0.15, 0.2) is 127 Å². The maximum absolute atomic E-state index is 5.24. The van der Waals surface area contributed by atoms with E-state index >= 15 is 0 Å². The number of benzene rings is 6. The minimum Gasteiger partial charge on any atom is -0.293 e. The first-order chi connectivity index (χ1) is 19.4. The smallest absolute Gasteiger partial charge is 0.162 e. The molecule has 0 bridgehead atoms. The van der Waals surface area contributed by atoms with Crippen molar-refractivity contribution in [3.05, 3.63) is 127 Å². The minimum absolute atomic E-state index is 0.730. The fraction of sp³-hybridized carbons (Fsp3) is 0. The highest BCUT2D eigenvalue weighted by Gasteiger charge is 2.27. The summed E-state index contributed by atoms with van der Waals surface area (Å²) in [4.78, 5) is 10.2. The first-order valence-electron chi connectivity index (χ1n) is 13.3. The average molecular weight is 496 g/mol. The van der Waals surface area contributed by atoms with E-state index in [4.69, 9.17) is 9.97 Å². The zero-order chi connectivity index (χ0) is 25.5. The van der Waals surface area contributed by atoms with E-state index in [1.54, 1.807) is 0 Å². The maximum Gasteiger partial charge on any atom is 0.162 e. The zero-order valence-electron chi connectivity index (χ0n) is 21.0. The van der Waals surface area contributed by atoms with Crippen LogP contribution >= 0.6 is 0 Å². The van der Waals surface area contributed by atoms with E-state index in [1.807, 2.05) is 24.3 Å². The van der Waals surface area contributed by atoms with Crippen LogP contribution in [0.1, 0.15) is 0 Å². The molecule has 0 saturated carbocycles. The molecule has 0 saturated heterocycles. The summed E-state index contributed by atoms with van der Waals surface area (Å²) in [5, 5.41) is 6.17. The summed E-state index contributed by atoms with van der Waals surface area (Å²) in [7, 11) is 0. The van der Waals surface area contributed by atoms with Gasteiger partial charge < -0.3 is 0 Å². The molecule has 6 aromatic carbocycles. The Hall–Kier alpha value is -5.28. The Morgan fingerprint density at radius 2 is 1.21 bits per heavy atom. The molecule has 0 fully saturated rings. The summed E-state index contributed by atoms with van der Waals surface area (Å²) in [6.07, 6.45) is 0. The molecule has 0 aliphatic heterocycles. The molecule has 3 nitrogen and oxygen atoms in total. The van der Waals surface area contributed by atoms with Gasteiger partial charge in [-0.25, -0.2) is 9.97 Å². The lowest BCUT2D eigenvalue weighted by Gasteiger charge is -2.13. The van der Waals surface area contributed by atoms with E-state index in [0.29, 0.717) is 0 Å². The Morgan fingerprint density at radius 3 is 2.08 bits per heavy atom. The Labute approximate surface area is 224 Å². The zero-order valence-corrected chi connectivity index (χ0v) is 21.0. The van der Waals surface area contributed by atoms with Crippen LogP contribution in [-0.2, 0) is 0 Å². The van der Waals surface area contributed by atoms with Crippen LogP contribution in [0.4, 0.5) is 0 Å². The van der Waals surface area contributed by atoms with E-state index in [-0.39, 0.29) is 0 Å². The number of rotatable bonds is 2. The number of hydrogen-bond acceptors (Lipinski definition) is 2. The van der Waals surface area contributed by atoms with Crippen LogP contribution in [-0.4, -0.2) is 14.5 Å². The van der Waals surface area contributed by atoms with Crippen LogP contribution in [0.5, 0.6) is 0 Å². The van der Waals surface area contributed by atoms with Crippen LogP contribution < -0.4 is 0 Å². The van der Waals surface area contributed by atoms with Gasteiger partial charge in [0.1, 0.15) is 5.82 Å². The van der Waals surface area contributed by atoms with Crippen LogP contribution in [0.3, 0.4) is 0 Å². The summed E-state index contributed by atoms with van der Waals surface area (Å²) >= 11 is 0. The van der Waals surface area contributed by atoms with E-state index < -0.39 is 0 Å². The second kappa shape index (κ2) is 7.62. The molecule has 0 atom stereocenters. The molecule has 0 N–H and O–H groups in total. The molecule has 2 heterocycles. The number of nitrogens with zero attached hydrogens (tertiary/aromatic N) is 3. The van der Waals surface area contributed by atoms with Crippen LogP contribution in [0.25, 0.3) is 82.9 Å². The van der Waals surface area contributed by atoms with Crippen molar-refractivity contribution in [1.82, 2.24) is 14.5 Å². The fourth-order valence-corrected chi connectivity index (χ4v) is 6.51.